The zero-order valence-electron chi connectivity index (χ0n) is 15.9. The fraction of sp³-hybridized carbons (Fsp3) is 0.455. The van der Waals surface area contributed by atoms with Gasteiger partial charge < -0.3 is 10.5 Å². The van der Waals surface area contributed by atoms with Crippen LogP contribution in [0, 0.1) is 5.92 Å². The van der Waals surface area contributed by atoms with Gasteiger partial charge in [0.2, 0.25) is 0 Å². The van der Waals surface area contributed by atoms with Gasteiger partial charge in [-0.05, 0) is 48.3 Å². The molecular weight excluding hydrogens is 402 g/mol. The summed E-state index contributed by atoms with van der Waals surface area (Å²) in [4.78, 5) is 8.99. The lowest BCUT2D eigenvalue weighted by molar-refractivity contribution is 0.0498. The number of nitrogens with two attached hydrogens (primary N) is 1. The second-order valence-electron chi connectivity index (χ2n) is 7.39. The Balaban J connectivity index is 1.80. The molecule has 0 aliphatic carbocycles. The van der Waals surface area contributed by atoms with Gasteiger partial charge in [0.1, 0.15) is 28.7 Å². The summed E-state index contributed by atoms with van der Waals surface area (Å²) >= 11 is 3.52. The third-order valence-electron chi connectivity index (χ3n) is 5.14. The molecule has 1 fully saturated rings. The quantitative estimate of drug-likeness (QED) is 0.416. The fourth-order valence-corrected chi connectivity index (χ4v) is 3.90. The number of allylic oxidation sites excluding steroid dienone is 1. The number of hydrogen-bond donors (Lipinski definition) is 1. The molecule has 3 rings (SSSR count). The predicted octanol–water partition coefficient (Wildman–Crippen LogP) is 4.75. The van der Waals surface area contributed by atoms with Crippen molar-refractivity contribution in [3.05, 3.63) is 60.2 Å². The van der Waals surface area contributed by atoms with Crippen molar-refractivity contribution >= 4 is 27.5 Å². The molecule has 0 saturated carbocycles. The number of halogens is 1. The van der Waals surface area contributed by atoms with E-state index in [1.807, 2.05) is 6.08 Å². The van der Waals surface area contributed by atoms with E-state index >= 15 is 0 Å². The van der Waals surface area contributed by atoms with Gasteiger partial charge >= 0.3 is 0 Å². The van der Waals surface area contributed by atoms with E-state index in [0.29, 0.717) is 18.3 Å². The zero-order valence-corrected chi connectivity index (χ0v) is 17.5. The number of nitrogens with zero attached hydrogens (tertiary/aromatic N) is 2. The van der Waals surface area contributed by atoms with Gasteiger partial charge in [0, 0.05) is 0 Å². The summed E-state index contributed by atoms with van der Waals surface area (Å²) in [5.41, 5.74) is 10.4. The average Bonchev–Trinajstić information content (AvgIpc) is 2.86. The van der Waals surface area contributed by atoms with E-state index in [2.05, 4.69) is 70.3 Å². The third kappa shape index (κ3) is 4.96. The normalized spacial score (nSPS) is 27.3. The summed E-state index contributed by atoms with van der Waals surface area (Å²) in [6, 6.07) is 8.65. The smallest absolute Gasteiger partial charge is 0.142 e. The van der Waals surface area contributed by atoms with Crippen molar-refractivity contribution in [2.24, 2.45) is 21.6 Å². The third-order valence-corrected chi connectivity index (χ3v) is 5.63. The highest BCUT2D eigenvalue weighted by Crippen LogP contribution is 2.35. The van der Waals surface area contributed by atoms with Crippen molar-refractivity contribution in [3.63, 3.8) is 0 Å². The topological polar surface area (TPSA) is 60.0 Å². The van der Waals surface area contributed by atoms with Crippen LogP contribution in [-0.4, -0.2) is 29.1 Å². The number of amidine groups is 1. The second kappa shape index (κ2) is 8.98. The molecule has 4 atom stereocenters. The maximum absolute atomic E-state index is 6.48. The maximum atomic E-state index is 6.48. The molecule has 2 heterocycles. The monoisotopic (exact) mass is 429 g/mol. The standard InChI is InChI=1S/C22H28BrN3O/c1-4-14(2)12-16-8-10-17(11-9-16)21-15(3)6-5-7-18(27-21)20-22(24)25-13-19(23)26-20/h4,8-11,14,18-19,21H,1,3,5-7,12-13H2,2H3,(H2,24,25). The minimum Gasteiger partial charge on any atom is -0.382 e. The summed E-state index contributed by atoms with van der Waals surface area (Å²) < 4.78 is 6.48. The maximum Gasteiger partial charge on any atom is 0.142 e. The molecule has 4 nitrogen and oxygen atoms in total. The van der Waals surface area contributed by atoms with Crippen molar-refractivity contribution < 1.29 is 4.74 Å². The first-order valence-electron chi connectivity index (χ1n) is 9.54. The van der Waals surface area contributed by atoms with Gasteiger partial charge in [-0.25, -0.2) is 0 Å². The lowest BCUT2D eigenvalue weighted by Gasteiger charge is -2.26. The van der Waals surface area contributed by atoms with Gasteiger partial charge in [-0.15, -0.1) is 6.58 Å². The summed E-state index contributed by atoms with van der Waals surface area (Å²) in [5.74, 6) is 0.962. The van der Waals surface area contributed by atoms with Gasteiger partial charge in [-0.1, -0.05) is 59.8 Å². The first-order chi connectivity index (χ1) is 13.0. The Morgan fingerprint density at radius 2 is 2.11 bits per heavy atom. The van der Waals surface area contributed by atoms with Crippen LogP contribution in [0.5, 0.6) is 0 Å². The molecule has 27 heavy (non-hydrogen) atoms. The first kappa shape index (κ1) is 20.0. The van der Waals surface area contributed by atoms with Gasteiger partial charge in [0.25, 0.3) is 0 Å². The van der Waals surface area contributed by atoms with Crippen molar-refractivity contribution in [2.75, 3.05) is 6.54 Å². The summed E-state index contributed by atoms with van der Waals surface area (Å²) in [6.45, 7) is 10.9. The predicted molar refractivity (Wildman–Crippen MR) is 117 cm³/mol. The summed E-state index contributed by atoms with van der Waals surface area (Å²) in [7, 11) is 0. The summed E-state index contributed by atoms with van der Waals surface area (Å²) in [5, 5.41) is 0. The average molecular weight is 430 g/mol. The number of benzene rings is 1. The summed E-state index contributed by atoms with van der Waals surface area (Å²) in [6.07, 6.45) is 5.51. The van der Waals surface area contributed by atoms with E-state index in [4.69, 9.17) is 10.5 Å². The minimum absolute atomic E-state index is 0.0283. The van der Waals surface area contributed by atoms with E-state index in [1.54, 1.807) is 0 Å². The molecule has 2 N–H and O–H groups in total. The van der Waals surface area contributed by atoms with E-state index in [9.17, 15) is 0 Å². The molecule has 0 spiro atoms. The highest BCUT2D eigenvalue weighted by atomic mass is 79.9. The number of alkyl halides is 1. The molecule has 1 aromatic carbocycles. The number of rotatable bonds is 5. The molecule has 144 valence electrons. The van der Waals surface area contributed by atoms with Crippen LogP contribution in [0.15, 0.2) is 59.1 Å². The molecule has 5 heteroatoms. The Kier molecular flexibility index (Phi) is 6.66. The van der Waals surface area contributed by atoms with Crippen LogP contribution < -0.4 is 5.73 Å². The molecule has 0 amide bonds. The lowest BCUT2D eigenvalue weighted by atomic mass is 9.96. The van der Waals surface area contributed by atoms with Crippen molar-refractivity contribution in [3.8, 4) is 0 Å². The zero-order chi connectivity index (χ0) is 19.4. The molecule has 4 unspecified atom stereocenters. The van der Waals surface area contributed by atoms with Crippen LogP contribution in [0.2, 0.25) is 0 Å². The Hall–Kier alpha value is -1.72. The Morgan fingerprint density at radius 3 is 2.81 bits per heavy atom. The van der Waals surface area contributed by atoms with Crippen LogP contribution in [0.25, 0.3) is 0 Å². The second-order valence-corrected chi connectivity index (χ2v) is 8.45. The van der Waals surface area contributed by atoms with Crippen LogP contribution >= 0.6 is 15.9 Å². The number of hydrogen-bond acceptors (Lipinski definition) is 4. The van der Waals surface area contributed by atoms with Gasteiger partial charge in [-0.3, -0.25) is 9.98 Å². The van der Waals surface area contributed by atoms with Crippen molar-refractivity contribution in [1.29, 1.82) is 0 Å². The van der Waals surface area contributed by atoms with E-state index < -0.39 is 0 Å². The molecule has 1 saturated heterocycles. The number of aliphatic imine (C=N–C) groups is 2. The van der Waals surface area contributed by atoms with E-state index in [1.165, 1.54) is 5.56 Å². The molecule has 2 aliphatic heterocycles. The molecular formula is C22H28BrN3O. The SMILES string of the molecule is C=CC(C)Cc1ccc(C2OC(C3=NC(Br)CN=C3N)CCCC2=C)cc1. The van der Waals surface area contributed by atoms with Crippen LogP contribution in [0.3, 0.4) is 0 Å². The molecule has 2 aliphatic rings. The lowest BCUT2D eigenvalue weighted by Crippen LogP contribution is -2.40. The highest BCUT2D eigenvalue weighted by molar-refractivity contribution is 9.09. The molecule has 0 radical (unpaired) electrons. The fourth-order valence-electron chi connectivity index (χ4n) is 3.53. The van der Waals surface area contributed by atoms with Gasteiger partial charge in [0.05, 0.1) is 6.54 Å². The Labute approximate surface area is 170 Å². The van der Waals surface area contributed by atoms with E-state index in [-0.39, 0.29) is 17.2 Å². The largest absolute Gasteiger partial charge is 0.382 e. The molecule has 0 bridgehead atoms. The Morgan fingerprint density at radius 1 is 1.37 bits per heavy atom. The van der Waals surface area contributed by atoms with Crippen LogP contribution in [0.4, 0.5) is 0 Å². The van der Waals surface area contributed by atoms with E-state index in [0.717, 1.165) is 42.5 Å². The van der Waals surface area contributed by atoms with Gasteiger partial charge in [-0.2, -0.15) is 0 Å². The van der Waals surface area contributed by atoms with Gasteiger partial charge in [0.15, 0.2) is 0 Å². The first-order valence-corrected chi connectivity index (χ1v) is 10.5. The minimum atomic E-state index is -0.154. The van der Waals surface area contributed by atoms with Crippen LogP contribution in [0.1, 0.15) is 43.4 Å². The molecule has 0 aromatic heterocycles. The number of ether oxygens (including phenoxy) is 1. The van der Waals surface area contributed by atoms with Crippen LogP contribution in [-0.2, 0) is 11.2 Å². The van der Waals surface area contributed by atoms with Crippen molar-refractivity contribution in [2.45, 2.75) is 49.8 Å². The highest BCUT2D eigenvalue weighted by Gasteiger charge is 2.31. The Bertz CT molecular complexity index is 753. The van der Waals surface area contributed by atoms with Crippen molar-refractivity contribution in [1.82, 2.24) is 0 Å². The molecule has 1 aromatic rings.